The van der Waals surface area contributed by atoms with Gasteiger partial charge in [-0.2, -0.15) is 0 Å². The van der Waals surface area contributed by atoms with Crippen LogP contribution in [-0.4, -0.2) is 15.2 Å². The average Bonchev–Trinajstić information content (AvgIpc) is 3.08. The number of hydrogen-bond acceptors (Lipinski definition) is 6. The lowest BCUT2D eigenvalue weighted by atomic mass is 10.1. The molecule has 0 aliphatic carbocycles. The first-order chi connectivity index (χ1) is 10.1. The van der Waals surface area contributed by atoms with Crippen molar-refractivity contribution in [1.82, 2.24) is 15.2 Å². The summed E-state index contributed by atoms with van der Waals surface area (Å²) < 4.78 is 5.71. The van der Waals surface area contributed by atoms with Gasteiger partial charge in [-0.25, -0.2) is 4.98 Å². The molecule has 0 saturated heterocycles. The molecule has 0 fully saturated rings. The first-order valence-corrected chi connectivity index (χ1v) is 8.43. The first kappa shape index (κ1) is 14.3. The van der Waals surface area contributed by atoms with E-state index in [4.69, 9.17) is 4.42 Å². The van der Waals surface area contributed by atoms with Gasteiger partial charge in [0.25, 0.3) is 5.22 Å². The fraction of sp³-hybridized carbons (Fsp3) is 0.267. The summed E-state index contributed by atoms with van der Waals surface area (Å²) in [6.07, 6.45) is 0. The van der Waals surface area contributed by atoms with E-state index in [2.05, 4.69) is 46.5 Å². The van der Waals surface area contributed by atoms with E-state index >= 15 is 0 Å². The highest BCUT2D eigenvalue weighted by molar-refractivity contribution is 7.98. The van der Waals surface area contributed by atoms with Gasteiger partial charge in [-0.3, -0.25) is 0 Å². The lowest BCUT2D eigenvalue weighted by Gasteiger charge is -2.00. The molecule has 0 aliphatic heterocycles. The Hall–Kier alpha value is -1.66. The van der Waals surface area contributed by atoms with Crippen molar-refractivity contribution >= 4 is 23.1 Å². The molecule has 0 unspecified atom stereocenters. The van der Waals surface area contributed by atoms with Gasteiger partial charge < -0.3 is 4.42 Å². The minimum Gasteiger partial charge on any atom is -0.411 e. The van der Waals surface area contributed by atoms with Crippen LogP contribution in [0.4, 0.5) is 0 Å². The highest BCUT2D eigenvalue weighted by Gasteiger charge is 2.10. The fourth-order valence-corrected chi connectivity index (χ4v) is 3.24. The van der Waals surface area contributed by atoms with Crippen LogP contribution in [0.25, 0.3) is 11.5 Å². The van der Waals surface area contributed by atoms with E-state index in [0.717, 1.165) is 22.0 Å². The Morgan fingerprint density at radius 3 is 2.71 bits per heavy atom. The fourth-order valence-electron chi connectivity index (χ4n) is 1.87. The van der Waals surface area contributed by atoms with E-state index in [1.807, 2.05) is 13.0 Å². The molecule has 0 spiro atoms. The third-order valence-corrected chi connectivity index (χ3v) is 4.84. The summed E-state index contributed by atoms with van der Waals surface area (Å²) in [7, 11) is 0. The molecule has 21 heavy (non-hydrogen) atoms. The number of thioether (sulfide) groups is 1. The van der Waals surface area contributed by atoms with Crippen molar-refractivity contribution < 1.29 is 4.42 Å². The highest BCUT2D eigenvalue weighted by atomic mass is 32.2. The SMILES string of the molecule is Cc1nc(CSc2nnc(-c3ccc(C)c(C)c3)o2)cs1. The maximum atomic E-state index is 5.71. The van der Waals surface area contributed by atoms with Crippen molar-refractivity contribution in [3.63, 3.8) is 0 Å². The third kappa shape index (κ3) is 3.33. The van der Waals surface area contributed by atoms with Crippen molar-refractivity contribution in [2.45, 2.75) is 31.7 Å². The number of hydrogen-bond donors (Lipinski definition) is 0. The minimum absolute atomic E-state index is 0.565. The molecule has 3 aromatic rings. The Labute approximate surface area is 131 Å². The van der Waals surface area contributed by atoms with Crippen molar-refractivity contribution in [2.24, 2.45) is 0 Å². The molecule has 3 rings (SSSR count). The molecule has 2 heterocycles. The Bertz CT molecular complexity index is 764. The summed E-state index contributed by atoms with van der Waals surface area (Å²) in [5.74, 6) is 1.31. The summed E-state index contributed by atoms with van der Waals surface area (Å²) in [5, 5.41) is 11.9. The molecule has 0 atom stereocenters. The average molecular weight is 317 g/mol. The molecule has 0 N–H and O–H groups in total. The van der Waals surface area contributed by atoms with E-state index in [1.165, 1.54) is 22.9 Å². The molecule has 0 saturated carbocycles. The van der Waals surface area contributed by atoms with Crippen LogP contribution in [0.3, 0.4) is 0 Å². The normalized spacial score (nSPS) is 11.0. The van der Waals surface area contributed by atoms with Gasteiger partial charge in [0.15, 0.2) is 0 Å². The van der Waals surface area contributed by atoms with Gasteiger partial charge >= 0.3 is 0 Å². The molecule has 0 aliphatic rings. The topological polar surface area (TPSA) is 51.8 Å². The lowest BCUT2D eigenvalue weighted by Crippen LogP contribution is -1.83. The number of benzene rings is 1. The van der Waals surface area contributed by atoms with Gasteiger partial charge in [-0.05, 0) is 44.0 Å². The molecular weight excluding hydrogens is 302 g/mol. The minimum atomic E-state index is 0.565. The van der Waals surface area contributed by atoms with Crippen LogP contribution in [0.5, 0.6) is 0 Å². The predicted molar refractivity (Wildman–Crippen MR) is 85.6 cm³/mol. The summed E-state index contributed by atoms with van der Waals surface area (Å²) in [6.45, 7) is 6.17. The number of aryl methyl sites for hydroxylation is 3. The van der Waals surface area contributed by atoms with Gasteiger partial charge in [0.2, 0.25) is 5.89 Å². The molecule has 1 aromatic carbocycles. The second-order valence-electron chi connectivity index (χ2n) is 4.82. The molecular formula is C15H15N3OS2. The van der Waals surface area contributed by atoms with E-state index in [1.54, 1.807) is 11.3 Å². The van der Waals surface area contributed by atoms with Crippen LogP contribution in [-0.2, 0) is 5.75 Å². The molecule has 2 aromatic heterocycles. The zero-order valence-electron chi connectivity index (χ0n) is 12.1. The maximum absolute atomic E-state index is 5.71. The van der Waals surface area contributed by atoms with Gasteiger partial charge in [0, 0.05) is 16.7 Å². The molecule has 4 nitrogen and oxygen atoms in total. The third-order valence-electron chi connectivity index (χ3n) is 3.17. The van der Waals surface area contributed by atoms with Crippen LogP contribution < -0.4 is 0 Å². The first-order valence-electron chi connectivity index (χ1n) is 6.57. The van der Waals surface area contributed by atoms with E-state index < -0.39 is 0 Å². The molecule has 0 radical (unpaired) electrons. The highest BCUT2D eigenvalue weighted by Crippen LogP contribution is 2.27. The zero-order valence-corrected chi connectivity index (χ0v) is 13.7. The van der Waals surface area contributed by atoms with Gasteiger partial charge in [-0.15, -0.1) is 21.5 Å². The molecule has 108 valence electrons. The van der Waals surface area contributed by atoms with Crippen molar-refractivity contribution in [3.05, 3.63) is 45.4 Å². The van der Waals surface area contributed by atoms with Crippen molar-refractivity contribution in [3.8, 4) is 11.5 Å². The van der Waals surface area contributed by atoms with Crippen LogP contribution in [0.1, 0.15) is 21.8 Å². The largest absolute Gasteiger partial charge is 0.411 e. The van der Waals surface area contributed by atoms with E-state index in [0.29, 0.717) is 11.1 Å². The zero-order chi connectivity index (χ0) is 14.8. The lowest BCUT2D eigenvalue weighted by molar-refractivity contribution is 0.466. The van der Waals surface area contributed by atoms with Crippen LogP contribution in [0.2, 0.25) is 0 Å². The number of rotatable bonds is 4. The van der Waals surface area contributed by atoms with E-state index in [9.17, 15) is 0 Å². The smallest absolute Gasteiger partial charge is 0.277 e. The summed E-state index contributed by atoms with van der Waals surface area (Å²) >= 11 is 3.17. The second kappa shape index (κ2) is 5.99. The monoisotopic (exact) mass is 317 g/mol. The standard InChI is InChI=1S/C15H15N3OS2/c1-9-4-5-12(6-10(9)2)14-17-18-15(19-14)21-8-13-7-20-11(3)16-13/h4-7H,8H2,1-3H3. The van der Waals surface area contributed by atoms with Crippen LogP contribution in [0.15, 0.2) is 33.2 Å². The van der Waals surface area contributed by atoms with Crippen LogP contribution in [0, 0.1) is 20.8 Å². The van der Waals surface area contributed by atoms with Gasteiger partial charge in [0.05, 0.1) is 10.7 Å². The predicted octanol–water partition coefficient (Wildman–Crippen LogP) is 4.41. The van der Waals surface area contributed by atoms with Gasteiger partial charge in [-0.1, -0.05) is 17.8 Å². The van der Waals surface area contributed by atoms with Crippen molar-refractivity contribution in [1.29, 1.82) is 0 Å². The summed E-state index contributed by atoms with van der Waals surface area (Å²) in [5.41, 5.74) is 4.49. The number of thiazole rings is 1. The molecule has 0 amide bonds. The second-order valence-corrected chi connectivity index (χ2v) is 6.81. The Kier molecular flexibility index (Phi) is 4.07. The van der Waals surface area contributed by atoms with E-state index in [-0.39, 0.29) is 0 Å². The Morgan fingerprint density at radius 1 is 1.14 bits per heavy atom. The Balaban J connectivity index is 1.72. The maximum Gasteiger partial charge on any atom is 0.277 e. The molecule has 0 bridgehead atoms. The number of nitrogens with zero attached hydrogens (tertiary/aromatic N) is 3. The van der Waals surface area contributed by atoms with Crippen LogP contribution >= 0.6 is 23.1 Å². The quantitative estimate of drug-likeness (QED) is 0.667. The summed E-state index contributed by atoms with van der Waals surface area (Å²) in [6, 6.07) is 6.15. The summed E-state index contributed by atoms with van der Waals surface area (Å²) in [4.78, 5) is 4.42. The van der Waals surface area contributed by atoms with Gasteiger partial charge in [0.1, 0.15) is 0 Å². The van der Waals surface area contributed by atoms with Crippen molar-refractivity contribution in [2.75, 3.05) is 0 Å². The molecule has 6 heteroatoms. The number of aromatic nitrogens is 3. The Morgan fingerprint density at radius 2 is 2.00 bits per heavy atom.